The topological polar surface area (TPSA) is 64.4 Å². The van der Waals surface area contributed by atoms with E-state index in [9.17, 15) is 9.59 Å². The van der Waals surface area contributed by atoms with Crippen molar-refractivity contribution < 1.29 is 9.53 Å². The Morgan fingerprint density at radius 1 is 1.27 bits per heavy atom. The number of benzene rings is 1. The minimum absolute atomic E-state index is 0.0108. The molecule has 0 radical (unpaired) electrons. The van der Waals surface area contributed by atoms with E-state index in [2.05, 4.69) is 5.10 Å². The van der Waals surface area contributed by atoms with Gasteiger partial charge < -0.3 is 9.64 Å². The van der Waals surface area contributed by atoms with Gasteiger partial charge in [-0.25, -0.2) is 0 Å². The number of fused-ring (bicyclic) bond motifs is 1. The number of carbonyl (C=O) groups is 1. The van der Waals surface area contributed by atoms with Crippen LogP contribution in [0.2, 0.25) is 0 Å². The van der Waals surface area contributed by atoms with E-state index in [-0.39, 0.29) is 30.1 Å². The lowest BCUT2D eigenvalue weighted by atomic mass is 10.2. The number of amides is 1. The highest BCUT2D eigenvalue weighted by molar-refractivity contribution is 5.81. The fourth-order valence-corrected chi connectivity index (χ4v) is 2.90. The van der Waals surface area contributed by atoms with E-state index in [0.29, 0.717) is 24.0 Å². The van der Waals surface area contributed by atoms with Crippen LogP contribution in [0.15, 0.2) is 35.3 Å². The van der Waals surface area contributed by atoms with Crippen molar-refractivity contribution >= 4 is 16.8 Å². The van der Waals surface area contributed by atoms with Gasteiger partial charge in [0.1, 0.15) is 6.54 Å². The maximum atomic E-state index is 12.5. The summed E-state index contributed by atoms with van der Waals surface area (Å²) in [6, 6.07) is 7.20. The highest BCUT2D eigenvalue weighted by Gasteiger charge is 2.26. The van der Waals surface area contributed by atoms with Gasteiger partial charge in [-0.05, 0) is 26.0 Å². The standard InChI is InChI=1S/C16H19N3O3/c1-11-8-18(9-12(2)22-11)16(21)10-19-14-6-4-3-5-13(14)15(20)7-17-19/h3-7,11-12H,8-10H2,1-2H3. The predicted molar refractivity (Wildman–Crippen MR) is 82.6 cm³/mol. The lowest BCUT2D eigenvalue weighted by Gasteiger charge is -2.35. The second-order valence-electron chi connectivity index (χ2n) is 5.74. The zero-order valence-electron chi connectivity index (χ0n) is 12.7. The van der Waals surface area contributed by atoms with E-state index in [1.54, 1.807) is 21.7 Å². The fourth-order valence-electron chi connectivity index (χ4n) is 2.90. The summed E-state index contributed by atoms with van der Waals surface area (Å²) in [7, 11) is 0. The van der Waals surface area contributed by atoms with Crippen LogP contribution in [0.25, 0.3) is 10.9 Å². The molecule has 1 aliphatic heterocycles. The average molecular weight is 301 g/mol. The van der Waals surface area contributed by atoms with Gasteiger partial charge in [-0.1, -0.05) is 12.1 Å². The second kappa shape index (κ2) is 5.88. The van der Waals surface area contributed by atoms with Gasteiger partial charge in [0.25, 0.3) is 0 Å². The summed E-state index contributed by atoms with van der Waals surface area (Å²) in [5, 5.41) is 4.68. The summed E-state index contributed by atoms with van der Waals surface area (Å²) >= 11 is 0. The number of hydrogen-bond donors (Lipinski definition) is 0. The molecule has 116 valence electrons. The Kier molecular flexibility index (Phi) is 3.94. The maximum absolute atomic E-state index is 12.5. The number of para-hydroxylation sites is 1. The Morgan fingerprint density at radius 3 is 2.68 bits per heavy atom. The van der Waals surface area contributed by atoms with Crippen molar-refractivity contribution in [2.45, 2.75) is 32.6 Å². The zero-order valence-corrected chi connectivity index (χ0v) is 12.7. The summed E-state index contributed by atoms with van der Waals surface area (Å²) in [6.45, 7) is 5.22. The van der Waals surface area contributed by atoms with Crippen LogP contribution in [0.3, 0.4) is 0 Å². The lowest BCUT2D eigenvalue weighted by Crippen LogP contribution is -2.49. The SMILES string of the molecule is CC1CN(C(=O)Cn2ncc(=O)c3ccccc32)CC(C)O1. The molecule has 1 aromatic carbocycles. The molecular formula is C16H19N3O3. The van der Waals surface area contributed by atoms with Gasteiger partial charge in [0.05, 0.1) is 23.9 Å². The molecule has 2 heterocycles. The number of hydrogen-bond acceptors (Lipinski definition) is 4. The van der Waals surface area contributed by atoms with Crippen LogP contribution in [0, 0.1) is 0 Å². The molecule has 2 aromatic rings. The number of aromatic nitrogens is 2. The molecule has 0 saturated carbocycles. The summed E-state index contributed by atoms with van der Waals surface area (Å²) < 4.78 is 7.23. The fraction of sp³-hybridized carbons (Fsp3) is 0.438. The van der Waals surface area contributed by atoms with Gasteiger partial charge in [0.2, 0.25) is 11.3 Å². The van der Waals surface area contributed by atoms with Crippen LogP contribution < -0.4 is 5.43 Å². The Bertz CT molecular complexity index is 746. The Morgan fingerprint density at radius 2 is 1.95 bits per heavy atom. The van der Waals surface area contributed by atoms with Gasteiger partial charge >= 0.3 is 0 Å². The molecule has 0 N–H and O–H groups in total. The summed E-state index contributed by atoms with van der Waals surface area (Å²) in [5.41, 5.74) is 0.547. The van der Waals surface area contributed by atoms with Gasteiger partial charge in [0.15, 0.2) is 0 Å². The maximum Gasteiger partial charge on any atom is 0.244 e. The van der Waals surface area contributed by atoms with Crippen LogP contribution in [0.5, 0.6) is 0 Å². The van der Waals surface area contributed by atoms with Crippen LogP contribution in [-0.2, 0) is 16.1 Å². The summed E-state index contributed by atoms with van der Waals surface area (Å²) in [5.74, 6) is -0.0108. The monoisotopic (exact) mass is 301 g/mol. The summed E-state index contributed by atoms with van der Waals surface area (Å²) in [4.78, 5) is 26.1. The van der Waals surface area contributed by atoms with Crippen LogP contribution >= 0.6 is 0 Å². The molecule has 2 unspecified atom stereocenters. The first-order valence-corrected chi connectivity index (χ1v) is 7.42. The summed E-state index contributed by atoms with van der Waals surface area (Å²) in [6.07, 6.45) is 1.33. The third-order valence-corrected chi connectivity index (χ3v) is 3.82. The van der Waals surface area contributed by atoms with Gasteiger partial charge in [-0.2, -0.15) is 5.10 Å². The molecule has 6 heteroatoms. The molecule has 0 aliphatic carbocycles. The molecule has 1 fully saturated rings. The van der Waals surface area contributed by atoms with Gasteiger partial charge in [-0.15, -0.1) is 0 Å². The zero-order chi connectivity index (χ0) is 15.7. The van der Waals surface area contributed by atoms with Crippen molar-refractivity contribution in [2.24, 2.45) is 0 Å². The van der Waals surface area contributed by atoms with Crippen molar-refractivity contribution in [2.75, 3.05) is 13.1 Å². The first-order chi connectivity index (χ1) is 10.5. The van der Waals surface area contributed by atoms with Crippen LogP contribution in [0.4, 0.5) is 0 Å². The number of ether oxygens (including phenoxy) is 1. The van der Waals surface area contributed by atoms with E-state index in [0.717, 1.165) is 0 Å². The van der Waals surface area contributed by atoms with E-state index < -0.39 is 0 Å². The lowest BCUT2D eigenvalue weighted by molar-refractivity contribution is -0.143. The van der Waals surface area contributed by atoms with E-state index >= 15 is 0 Å². The Labute approximate surface area is 128 Å². The highest BCUT2D eigenvalue weighted by Crippen LogP contribution is 2.13. The number of morpholine rings is 1. The average Bonchev–Trinajstić information content (AvgIpc) is 2.49. The van der Waals surface area contributed by atoms with Crippen molar-refractivity contribution in [3.8, 4) is 0 Å². The van der Waals surface area contributed by atoms with Crippen molar-refractivity contribution in [1.82, 2.24) is 14.7 Å². The van der Waals surface area contributed by atoms with Gasteiger partial charge in [-0.3, -0.25) is 14.3 Å². The quantitative estimate of drug-likeness (QED) is 0.831. The molecule has 6 nitrogen and oxygen atoms in total. The largest absolute Gasteiger partial charge is 0.372 e. The normalized spacial score (nSPS) is 22.0. The van der Waals surface area contributed by atoms with Gasteiger partial charge in [0, 0.05) is 18.5 Å². The molecule has 22 heavy (non-hydrogen) atoms. The molecule has 1 amide bonds. The first kappa shape index (κ1) is 14.7. The van der Waals surface area contributed by atoms with E-state index in [1.807, 2.05) is 26.0 Å². The minimum Gasteiger partial charge on any atom is -0.372 e. The highest BCUT2D eigenvalue weighted by atomic mass is 16.5. The molecular weight excluding hydrogens is 282 g/mol. The van der Waals surface area contributed by atoms with Crippen LogP contribution in [0.1, 0.15) is 13.8 Å². The molecule has 0 bridgehead atoms. The number of nitrogens with zero attached hydrogens (tertiary/aromatic N) is 3. The molecule has 2 atom stereocenters. The predicted octanol–water partition coefficient (Wildman–Crippen LogP) is 1.03. The minimum atomic E-state index is -0.132. The van der Waals surface area contributed by atoms with E-state index in [1.165, 1.54) is 6.20 Å². The van der Waals surface area contributed by atoms with Crippen LogP contribution in [-0.4, -0.2) is 45.9 Å². The molecule has 1 aliphatic rings. The van der Waals surface area contributed by atoms with Crippen molar-refractivity contribution in [3.05, 3.63) is 40.7 Å². The third kappa shape index (κ3) is 2.87. The third-order valence-electron chi connectivity index (χ3n) is 3.82. The van der Waals surface area contributed by atoms with Crippen molar-refractivity contribution in [3.63, 3.8) is 0 Å². The first-order valence-electron chi connectivity index (χ1n) is 7.42. The van der Waals surface area contributed by atoms with Crippen molar-refractivity contribution in [1.29, 1.82) is 0 Å². The molecule has 0 spiro atoms. The number of carbonyl (C=O) groups excluding carboxylic acids is 1. The molecule has 3 rings (SSSR count). The van der Waals surface area contributed by atoms with E-state index in [4.69, 9.17) is 4.74 Å². The second-order valence-corrected chi connectivity index (χ2v) is 5.74. The Hall–Kier alpha value is -2.21. The smallest absolute Gasteiger partial charge is 0.244 e. The number of rotatable bonds is 2. The Balaban J connectivity index is 1.86. The molecule has 1 saturated heterocycles. The molecule has 1 aromatic heterocycles.